The largest absolute Gasteiger partial charge is 0.307 e. The quantitative estimate of drug-likeness (QED) is 0.785. The molecule has 0 amide bonds. The first-order chi connectivity index (χ1) is 14.1. The molecule has 29 heavy (non-hydrogen) atoms. The first kappa shape index (κ1) is 18.8. The van der Waals surface area contributed by atoms with Gasteiger partial charge in [0.25, 0.3) is 0 Å². The van der Waals surface area contributed by atoms with E-state index in [0.29, 0.717) is 12.1 Å². The van der Waals surface area contributed by atoms with Crippen LogP contribution < -0.4 is 5.32 Å². The van der Waals surface area contributed by atoms with Gasteiger partial charge in [0.1, 0.15) is 12.0 Å². The number of imidazole rings is 1. The summed E-state index contributed by atoms with van der Waals surface area (Å²) in [5.41, 5.74) is 6.87. The molecule has 0 aromatic carbocycles. The van der Waals surface area contributed by atoms with Crippen molar-refractivity contribution >= 4 is 11.2 Å². The molecule has 4 heteroatoms. The number of aromatic nitrogens is 3. The van der Waals surface area contributed by atoms with Gasteiger partial charge in [-0.25, -0.2) is 9.97 Å². The van der Waals surface area contributed by atoms with Crippen LogP contribution in [-0.2, 0) is 0 Å². The highest BCUT2D eigenvalue weighted by Crippen LogP contribution is 2.40. The van der Waals surface area contributed by atoms with Gasteiger partial charge in [0.05, 0.1) is 0 Å². The van der Waals surface area contributed by atoms with E-state index in [4.69, 9.17) is 4.98 Å². The van der Waals surface area contributed by atoms with Gasteiger partial charge in [0.2, 0.25) is 0 Å². The Morgan fingerprint density at radius 1 is 1.14 bits per heavy atom. The van der Waals surface area contributed by atoms with Gasteiger partial charge in [-0.15, -0.1) is 0 Å². The van der Waals surface area contributed by atoms with E-state index in [2.05, 4.69) is 52.5 Å². The second-order valence-corrected chi connectivity index (χ2v) is 9.24. The van der Waals surface area contributed by atoms with Gasteiger partial charge in [-0.2, -0.15) is 0 Å². The Morgan fingerprint density at radius 3 is 2.72 bits per heavy atom. The highest BCUT2D eigenvalue weighted by Gasteiger charge is 2.35. The molecule has 4 nitrogen and oxygen atoms in total. The minimum Gasteiger partial charge on any atom is -0.307 e. The summed E-state index contributed by atoms with van der Waals surface area (Å²) in [6, 6.07) is 3.04. The lowest BCUT2D eigenvalue weighted by Gasteiger charge is -2.33. The summed E-state index contributed by atoms with van der Waals surface area (Å²) >= 11 is 0. The average molecular weight is 389 g/mol. The molecule has 2 aromatic heterocycles. The van der Waals surface area contributed by atoms with Crippen LogP contribution in [0.2, 0.25) is 0 Å². The van der Waals surface area contributed by atoms with Crippen LogP contribution >= 0.6 is 0 Å². The SMILES string of the molecule is C=C(c1ncn2c(C)cc(C)nc12)C1CCC(C2CCC(C3=CC=CC3)CC2)N1. The van der Waals surface area contributed by atoms with Crippen molar-refractivity contribution in [1.29, 1.82) is 0 Å². The fourth-order valence-corrected chi connectivity index (χ4v) is 5.75. The maximum atomic E-state index is 4.75. The average Bonchev–Trinajstić information content (AvgIpc) is 3.47. The van der Waals surface area contributed by atoms with E-state index in [1.165, 1.54) is 44.2 Å². The van der Waals surface area contributed by atoms with Crippen LogP contribution in [0.25, 0.3) is 11.2 Å². The molecule has 1 aliphatic heterocycles. The van der Waals surface area contributed by atoms with Crippen molar-refractivity contribution in [3.05, 3.63) is 59.9 Å². The normalized spacial score (nSPS) is 29.5. The first-order valence-electron chi connectivity index (χ1n) is 11.2. The van der Waals surface area contributed by atoms with Gasteiger partial charge in [-0.05, 0) is 82.3 Å². The summed E-state index contributed by atoms with van der Waals surface area (Å²) in [5.74, 6) is 1.63. The summed E-state index contributed by atoms with van der Waals surface area (Å²) < 4.78 is 2.08. The van der Waals surface area contributed by atoms with Crippen molar-refractivity contribution in [3.63, 3.8) is 0 Å². The van der Waals surface area contributed by atoms with E-state index in [0.717, 1.165) is 40.9 Å². The van der Waals surface area contributed by atoms with Gasteiger partial charge < -0.3 is 5.32 Å². The molecule has 1 N–H and O–H groups in total. The third-order valence-corrected chi connectivity index (χ3v) is 7.39. The zero-order valence-corrected chi connectivity index (χ0v) is 17.7. The highest BCUT2D eigenvalue weighted by atomic mass is 15.1. The molecular formula is C25H32N4. The van der Waals surface area contributed by atoms with E-state index in [1.54, 1.807) is 5.57 Å². The van der Waals surface area contributed by atoms with Crippen LogP contribution in [-0.4, -0.2) is 26.5 Å². The number of hydrogen-bond acceptors (Lipinski definition) is 3. The molecule has 1 saturated carbocycles. The minimum atomic E-state index is 0.320. The molecule has 0 spiro atoms. The Bertz CT molecular complexity index is 988. The van der Waals surface area contributed by atoms with E-state index < -0.39 is 0 Å². The first-order valence-corrected chi connectivity index (χ1v) is 11.2. The number of allylic oxidation sites excluding steroid dienone is 4. The number of nitrogens with one attached hydrogen (secondary N) is 1. The van der Waals surface area contributed by atoms with Gasteiger partial charge in [0.15, 0.2) is 5.65 Å². The Labute approximate surface area is 173 Å². The monoisotopic (exact) mass is 388 g/mol. The fourth-order valence-electron chi connectivity index (χ4n) is 5.75. The van der Waals surface area contributed by atoms with E-state index in [1.807, 2.05) is 13.3 Å². The summed E-state index contributed by atoms with van der Waals surface area (Å²) in [7, 11) is 0. The third-order valence-electron chi connectivity index (χ3n) is 7.39. The highest BCUT2D eigenvalue weighted by molar-refractivity contribution is 5.75. The molecule has 2 unspecified atom stereocenters. The van der Waals surface area contributed by atoms with Crippen molar-refractivity contribution < 1.29 is 0 Å². The van der Waals surface area contributed by atoms with Crippen molar-refractivity contribution in [2.24, 2.45) is 11.8 Å². The van der Waals surface area contributed by atoms with Crippen LogP contribution in [0.3, 0.4) is 0 Å². The van der Waals surface area contributed by atoms with Crippen LogP contribution in [0.15, 0.2) is 42.8 Å². The summed E-state index contributed by atoms with van der Waals surface area (Å²) in [6.45, 7) is 8.59. The third kappa shape index (κ3) is 3.48. The van der Waals surface area contributed by atoms with Gasteiger partial charge >= 0.3 is 0 Å². The van der Waals surface area contributed by atoms with Crippen LogP contribution in [0.4, 0.5) is 0 Å². The molecule has 3 heterocycles. The van der Waals surface area contributed by atoms with Crippen molar-refractivity contribution in [3.8, 4) is 0 Å². The number of fused-ring (bicyclic) bond motifs is 1. The summed E-state index contributed by atoms with van der Waals surface area (Å²) in [4.78, 5) is 9.43. The maximum absolute atomic E-state index is 4.75. The number of rotatable bonds is 4. The topological polar surface area (TPSA) is 42.2 Å². The molecule has 3 aliphatic rings. The van der Waals surface area contributed by atoms with Crippen molar-refractivity contribution in [2.45, 2.75) is 70.9 Å². The number of nitrogens with zero attached hydrogens (tertiary/aromatic N) is 3. The Morgan fingerprint density at radius 2 is 1.97 bits per heavy atom. The minimum absolute atomic E-state index is 0.320. The Balaban J connectivity index is 1.24. The van der Waals surface area contributed by atoms with E-state index in [9.17, 15) is 0 Å². The predicted octanol–water partition coefficient (Wildman–Crippen LogP) is 5.17. The van der Waals surface area contributed by atoms with Crippen molar-refractivity contribution in [1.82, 2.24) is 19.7 Å². The Kier molecular flexibility index (Phi) is 4.91. The molecule has 5 rings (SSSR count). The lowest BCUT2D eigenvalue weighted by atomic mass is 9.75. The van der Waals surface area contributed by atoms with Crippen molar-refractivity contribution in [2.75, 3.05) is 0 Å². The van der Waals surface area contributed by atoms with E-state index >= 15 is 0 Å². The predicted molar refractivity (Wildman–Crippen MR) is 119 cm³/mol. The van der Waals surface area contributed by atoms with Crippen LogP contribution in [0, 0.1) is 25.7 Å². The number of hydrogen-bond donors (Lipinski definition) is 1. The second-order valence-electron chi connectivity index (χ2n) is 9.24. The summed E-state index contributed by atoms with van der Waals surface area (Å²) in [6.07, 6.45) is 17.8. The smallest absolute Gasteiger partial charge is 0.164 e. The molecule has 2 aliphatic carbocycles. The lowest BCUT2D eigenvalue weighted by molar-refractivity contribution is 0.248. The molecule has 1 saturated heterocycles. The van der Waals surface area contributed by atoms with Gasteiger partial charge in [-0.1, -0.05) is 30.4 Å². The van der Waals surface area contributed by atoms with Crippen LogP contribution in [0.5, 0.6) is 0 Å². The molecule has 2 atom stereocenters. The zero-order chi connectivity index (χ0) is 20.0. The maximum Gasteiger partial charge on any atom is 0.164 e. The molecule has 2 fully saturated rings. The molecule has 152 valence electrons. The molecular weight excluding hydrogens is 356 g/mol. The molecule has 0 radical (unpaired) electrons. The van der Waals surface area contributed by atoms with Gasteiger partial charge in [0, 0.05) is 23.5 Å². The second kappa shape index (κ2) is 7.56. The summed E-state index contributed by atoms with van der Waals surface area (Å²) in [5, 5.41) is 3.92. The zero-order valence-electron chi connectivity index (χ0n) is 17.7. The molecule has 0 bridgehead atoms. The lowest BCUT2D eigenvalue weighted by Crippen LogP contribution is -2.37. The fraction of sp³-hybridized carbons (Fsp3) is 0.520. The molecule has 2 aromatic rings. The van der Waals surface area contributed by atoms with Gasteiger partial charge in [-0.3, -0.25) is 4.40 Å². The number of aryl methyl sites for hydroxylation is 2. The standard InChI is InChI=1S/C25H32N4/c1-16-14-17(2)29-15-26-24(25(29)27-16)18(3)22-12-13-23(28-22)21-10-8-20(9-11-21)19-6-4-5-7-19/h4-6,14-15,20-23,28H,3,7-13H2,1-2H3. The van der Waals surface area contributed by atoms with Crippen LogP contribution in [0.1, 0.15) is 62.0 Å². The van der Waals surface area contributed by atoms with E-state index in [-0.39, 0.29) is 0 Å². The Hall–Kier alpha value is -2.20.